The number of carbonyl (C=O) groups excluding carboxylic acids is 1. The summed E-state index contributed by atoms with van der Waals surface area (Å²) in [6, 6.07) is 10.9. The summed E-state index contributed by atoms with van der Waals surface area (Å²) in [6.07, 6.45) is 2.32. The van der Waals surface area contributed by atoms with Gasteiger partial charge in [-0.15, -0.1) is 12.6 Å². The molecule has 1 heterocycles. The topological polar surface area (TPSA) is 42.2 Å². The van der Waals surface area contributed by atoms with Gasteiger partial charge in [-0.25, -0.2) is 0 Å². The maximum absolute atomic E-state index is 11.7. The fraction of sp³-hybridized carbons (Fsp3) is 0.154. The lowest BCUT2D eigenvalue weighted by atomic mass is 10.2. The summed E-state index contributed by atoms with van der Waals surface area (Å²) < 4.78 is 5.18. The molecule has 0 aliphatic rings. The molecule has 17 heavy (non-hydrogen) atoms. The van der Waals surface area contributed by atoms with Gasteiger partial charge in [0.2, 0.25) is 0 Å². The van der Waals surface area contributed by atoms with Gasteiger partial charge < -0.3 is 9.73 Å². The molecule has 0 atom stereocenters. The number of rotatable bonds is 4. The molecule has 1 N–H and O–H groups in total. The first kappa shape index (κ1) is 11.8. The molecule has 88 valence electrons. The molecule has 0 fully saturated rings. The summed E-state index contributed by atoms with van der Waals surface area (Å²) in [6.45, 7) is 0.559. The second kappa shape index (κ2) is 5.59. The fourth-order valence-corrected chi connectivity index (χ4v) is 1.73. The monoisotopic (exact) mass is 247 g/mol. The Hall–Kier alpha value is -1.68. The van der Waals surface area contributed by atoms with Crippen LogP contribution >= 0.6 is 12.6 Å². The van der Waals surface area contributed by atoms with E-state index in [1.54, 1.807) is 18.4 Å². The summed E-state index contributed by atoms with van der Waals surface area (Å²) in [5, 5.41) is 2.83. The maximum Gasteiger partial charge on any atom is 0.251 e. The lowest BCUT2D eigenvalue weighted by Gasteiger charge is -2.04. The molecule has 0 saturated carbocycles. The van der Waals surface area contributed by atoms with E-state index in [0.717, 1.165) is 10.7 Å². The van der Waals surface area contributed by atoms with Crippen LogP contribution in [0.2, 0.25) is 0 Å². The molecule has 0 radical (unpaired) electrons. The number of hydrogen-bond donors (Lipinski definition) is 2. The fourth-order valence-electron chi connectivity index (χ4n) is 1.50. The van der Waals surface area contributed by atoms with Crippen LogP contribution in [-0.2, 0) is 6.42 Å². The van der Waals surface area contributed by atoms with Gasteiger partial charge in [0.25, 0.3) is 5.91 Å². The summed E-state index contributed by atoms with van der Waals surface area (Å²) in [5.74, 6) is 0.778. The van der Waals surface area contributed by atoms with Crippen LogP contribution in [0.1, 0.15) is 16.1 Å². The minimum Gasteiger partial charge on any atom is -0.469 e. The van der Waals surface area contributed by atoms with Crippen LogP contribution in [-0.4, -0.2) is 12.5 Å². The van der Waals surface area contributed by atoms with Gasteiger partial charge in [0.1, 0.15) is 5.76 Å². The third kappa shape index (κ3) is 3.39. The lowest BCUT2D eigenvalue weighted by molar-refractivity contribution is 0.0953. The van der Waals surface area contributed by atoms with Crippen molar-refractivity contribution in [2.75, 3.05) is 6.54 Å². The van der Waals surface area contributed by atoms with Crippen LogP contribution in [0, 0.1) is 0 Å². The van der Waals surface area contributed by atoms with Crippen molar-refractivity contribution in [2.24, 2.45) is 0 Å². The zero-order valence-electron chi connectivity index (χ0n) is 9.22. The summed E-state index contributed by atoms with van der Waals surface area (Å²) >= 11 is 4.19. The van der Waals surface area contributed by atoms with Crippen molar-refractivity contribution in [3.63, 3.8) is 0 Å². The molecule has 0 spiro atoms. The first-order valence-corrected chi connectivity index (χ1v) is 5.80. The third-order valence-corrected chi connectivity index (χ3v) is 2.62. The largest absolute Gasteiger partial charge is 0.469 e. The van der Waals surface area contributed by atoms with E-state index >= 15 is 0 Å². The Morgan fingerprint density at radius 1 is 1.29 bits per heavy atom. The van der Waals surface area contributed by atoms with Crippen LogP contribution in [0.5, 0.6) is 0 Å². The van der Waals surface area contributed by atoms with Crippen LogP contribution in [0.4, 0.5) is 0 Å². The van der Waals surface area contributed by atoms with Crippen molar-refractivity contribution < 1.29 is 9.21 Å². The van der Waals surface area contributed by atoms with Crippen LogP contribution in [0.15, 0.2) is 52.0 Å². The van der Waals surface area contributed by atoms with E-state index in [1.807, 2.05) is 24.3 Å². The zero-order chi connectivity index (χ0) is 12.1. The minimum atomic E-state index is -0.0903. The molecule has 0 bridgehead atoms. The van der Waals surface area contributed by atoms with Crippen molar-refractivity contribution in [3.05, 3.63) is 54.0 Å². The molecule has 2 rings (SSSR count). The Labute approximate surface area is 105 Å². The molecule has 3 nitrogen and oxygen atoms in total. The highest BCUT2D eigenvalue weighted by molar-refractivity contribution is 7.80. The lowest BCUT2D eigenvalue weighted by Crippen LogP contribution is -2.25. The number of carbonyl (C=O) groups is 1. The predicted molar refractivity (Wildman–Crippen MR) is 68.4 cm³/mol. The van der Waals surface area contributed by atoms with E-state index in [0.29, 0.717) is 18.5 Å². The van der Waals surface area contributed by atoms with E-state index in [2.05, 4.69) is 17.9 Å². The summed E-state index contributed by atoms with van der Waals surface area (Å²) in [4.78, 5) is 12.5. The van der Waals surface area contributed by atoms with E-state index in [-0.39, 0.29) is 5.91 Å². The molecule has 1 aromatic heterocycles. The van der Waals surface area contributed by atoms with Gasteiger partial charge in [0, 0.05) is 23.4 Å². The molecular formula is C13H13NO2S. The first-order valence-electron chi connectivity index (χ1n) is 5.35. The molecule has 0 unspecified atom stereocenters. The molecule has 0 aliphatic heterocycles. The molecule has 0 saturated heterocycles. The number of furan rings is 1. The highest BCUT2D eigenvalue weighted by Crippen LogP contribution is 2.08. The Morgan fingerprint density at radius 3 is 2.88 bits per heavy atom. The summed E-state index contributed by atoms with van der Waals surface area (Å²) in [7, 11) is 0. The van der Waals surface area contributed by atoms with Crippen LogP contribution in [0.25, 0.3) is 0 Å². The maximum atomic E-state index is 11.7. The molecule has 1 amide bonds. The third-order valence-electron chi connectivity index (χ3n) is 2.35. The smallest absolute Gasteiger partial charge is 0.251 e. The average molecular weight is 247 g/mol. The van der Waals surface area contributed by atoms with Crippen molar-refractivity contribution >= 4 is 18.5 Å². The quantitative estimate of drug-likeness (QED) is 0.815. The highest BCUT2D eigenvalue weighted by Gasteiger charge is 2.05. The van der Waals surface area contributed by atoms with E-state index < -0.39 is 0 Å². The van der Waals surface area contributed by atoms with E-state index in [9.17, 15) is 4.79 Å². The minimum absolute atomic E-state index is 0.0903. The van der Waals surface area contributed by atoms with Crippen molar-refractivity contribution in [1.82, 2.24) is 5.32 Å². The van der Waals surface area contributed by atoms with Gasteiger partial charge in [-0.3, -0.25) is 4.79 Å². The number of thiol groups is 1. The number of amides is 1. The van der Waals surface area contributed by atoms with Gasteiger partial charge >= 0.3 is 0 Å². The second-order valence-corrected chi connectivity index (χ2v) is 4.15. The summed E-state index contributed by atoms with van der Waals surface area (Å²) in [5.41, 5.74) is 0.622. The molecule has 1 aromatic carbocycles. The highest BCUT2D eigenvalue weighted by atomic mass is 32.1. The molecular weight excluding hydrogens is 234 g/mol. The van der Waals surface area contributed by atoms with Crippen molar-refractivity contribution in [3.8, 4) is 0 Å². The number of nitrogens with one attached hydrogen (secondary N) is 1. The Morgan fingerprint density at radius 2 is 2.18 bits per heavy atom. The molecule has 0 aliphatic carbocycles. The SMILES string of the molecule is O=C(NCCc1ccco1)c1cccc(S)c1. The van der Waals surface area contributed by atoms with Crippen molar-refractivity contribution in [1.29, 1.82) is 0 Å². The normalized spacial score (nSPS) is 10.2. The zero-order valence-corrected chi connectivity index (χ0v) is 10.1. The Bertz CT molecular complexity index is 494. The first-order chi connectivity index (χ1) is 8.25. The van der Waals surface area contributed by atoms with Crippen LogP contribution in [0.3, 0.4) is 0 Å². The van der Waals surface area contributed by atoms with Gasteiger partial charge in [0.05, 0.1) is 6.26 Å². The second-order valence-electron chi connectivity index (χ2n) is 3.64. The van der Waals surface area contributed by atoms with Crippen LogP contribution < -0.4 is 5.32 Å². The molecule has 4 heteroatoms. The van der Waals surface area contributed by atoms with Gasteiger partial charge in [-0.1, -0.05) is 6.07 Å². The Balaban J connectivity index is 1.85. The Kier molecular flexibility index (Phi) is 3.88. The number of benzene rings is 1. The number of hydrogen-bond acceptors (Lipinski definition) is 3. The molecule has 2 aromatic rings. The standard InChI is InChI=1S/C13H13NO2S/c15-13(10-3-1-5-12(17)9-10)14-7-6-11-4-2-8-16-11/h1-5,8-9,17H,6-7H2,(H,14,15). The van der Waals surface area contributed by atoms with Gasteiger partial charge in [-0.2, -0.15) is 0 Å². The van der Waals surface area contributed by atoms with Gasteiger partial charge in [-0.05, 0) is 30.3 Å². The van der Waals surface area contributed by atoms with E-state index in [1.165, 1.54) is 0 Å². The van der Waals surface area contributed by atoms with Gasteiger partial charge in [0.15, 0.2) is 0 Å². The predicted octanol–water partition coefficient (Wildman–Crippen LogP) is 2.54. The van der Waals surface area contributed by atoms with Crippen molar-refractivity contribution in [2.45, 2.75) is 11.3 Å². The average Bonchev–Trinajstić information content (AvgIpc) is 2.82. The van der Waals surface area contributed by atoms with E-state index in [4.69, 9.17) is 4.42 Å².